The van der Waals surface area contributed by atoms with Crippen molar-refractivity contribution in [1.82, 2.24) is 24.1 Å². The van der Waals surface area contributed by atoms with Gasteiger partial charge in [-0.2, -0.15) is 0 Å². The first-order valence-electron chi connectivity index (χ1n) is 22.2. The number of allylic oxidation sites excluding steroid dienone is 1. The number of furan rings is 1. The van der Waals surface area contributed by atoms with Crippen LogP contribution in [0.1, 0.15) is 6.92 Å². The minimum atomic E-state index is 0.687. The number of fused-ring (bicyclic) bond motifs is 9. The van der Waals surface area contributed by atoms with Crippen molar-refractivity contribution in [3.63, 3.8) is 0 Å². The molecule has 0 bridgehead atoms. The Morgan fingerprint density at radius 1 is 0.409 bits per heavy atom. The fraction of sp³-hybridized carbons (Fsp3) is 0.0167. The molecule has 13 rings (SSSR count). The summed E-state index contributed by atoms with van der Waals surface area (Å²) in [6, 6.07) is 72.7. The van der Waals surface area contributed by atoms with Crippen LogP contribution in [-0.4, -0.2) is 24.1 Å². The van der Waals surface area contributed by atoms with Gasteiger partial charge in [0.2, 0.25) is 0 Å². The molecular weight excluding hydrogens is 807 g/mol. The molecule has 0 amide bonds. The van der Waals surface area contributed by atoms with Crippen molar-refractivity contribution < 1.29 is 4.42 Å². The largest absolute Gasteiger partial charge is 0.454 e. The minimum absolute atomic E-state index is 0.687. The van der Waals surface area contributed by atoms with Crippen LogP contribution in [-0.2, 0) is 0 Å². The average Bonchev–Trinajstić information content (AvgIpc) is 4.04. The van der Waals surface area contributed by atoms with Crippen LogP contribution in [0.4, 0.5) is 0 Å². The Balaban J connectivity index is 0.00000148. The molecule has 66 heavy (non-hydrogen) atoms. The highest BCUT2D eigenvalue weighted by Crippen LogP contribution is 2.39. The van der Waals surface area contributed by atoms with Gasteiger partial charge in [0.1, 0.15) is 11.4 Å². The Bertz CT molecular complexity index is 3900. The third kappa shape index (κ3) is 6.54. The first kappa shape index (κ1) is 38.8. The summed E-state index contributed by atoms with van der Waals surface area (Å²) in [4.78, 5) is 15.1. The van der Waals surface area contributed by atoms with Gasteiger partial charge in [-0.1, -0.05) is 152 Å². The van der Waals surface area contributed by atoms with E-state index in [2.05, 4.69) is 180 Å². The van der Waals surface area contributed by atoms with Crippen molar-refractivity contribution >= 4 is 65.6 Å². The molecule has 0 spiro atoms. The third-order valence-corrected chi connectivity index (χ3v) is 12.4. The molecule has 312 valence electrons. The van der Waals surface area contributed by atoms with Crippen LogP contribution in [0.3, 0.4) is 0 Å². The van der Waals surface area contributed by atoms with Gasteiger partial charge in [0.25, 0.3) is 0 Å². The lowest BCUT2D eigenvalue weighted by molar-refractivity contribution is 0.667. The quantitative estimate of drug-likeness (QED) is 0.156. The highest BCUT2D eigenvalue weighted by Gasteiger charge is 2.19. The lowest BCUT2D eigenvalue weighted by Gasteiger charge is -2.13. The fourth-order valence-electron chi connectivity index (χ4n) is 9.42. The van der Waals surface area contributed by atoms with E-state index in [9.17, 15) is 0 Å². The number of hydrogen-bond acceptors (Lipinski definition) is 4. The second kappa shape index (κ2) is 16.0. The van der Waals surface area contributed by atoms with Gasteiger partial charge in [0, 0.05) is 60.8 Å². The van der Waals surface area contributed by atoms with E-state index >= 15 is 0 Å². The molecule has 0 aliphatic rings. The molecule has 5 aromatic heterocycles. The zero-order valence-corrected chi connectivity index (χ0v) is 36.1. The Morgan fingerprint density at radius 3 is 1.73 bits per heavy atom. The molecule has 5 heterocycles. The summed E-state index contributed by atoms with van der Waals surface area (Å²) in [6.45, 7) is 5.25. The number of hydrogen-bond donors (Lipinski definition) is 0. The van der Waals surface area contributed by atoms with Gasteiger partial charge in [0.15, 0.2) is 11.4 Å². The monoisotopic (exact) mass is 847 g/mol. The summed E-state index contributed by atoms with van der Waals surface area (Å²) in [6.07, 6.45) is 3.58. The number of pyridine rings is 1. The number of para-hydroxylation sites is 3. The lowest BCUT2D eigenvalue weighted by Crippen LogP contribution is -2.02. The Kier molecular flexibility index (Phi) is 9.42. The van der Waals surface area contributed by atoms with Gasteiger partial charge in [-0.3, -0.25) is 9.55 Å². The summed E-state index contributed by atoms with van der Waals surface area (Å²) >= 11 is 0. The second-order valence-corrected chi connectivity index (χ2v) is 16.5. The van der Waals surface area contributed by atoms with E-state index in [4.69, 9.17) is 19.4 Å². The van der Waals surface area contributed by atoms with Crippen molar-refractivity contribution in [1.29, 1.82) is 0 Å². The van der Waals surface area contributed by atoms with Crippen molar-refractivity contribution in [3.8, 4) is 56.5 Å². The average molecular weight is 848 g/mol. The molecule has 8 aromatic carbocycles. The SMILES string of the molecule is C=CC.c1ccc(-c2cc(-n3c4ccccc4c4ccc(-c5ccc6c(c5)c5ccccc5n6-c5ccc(-c6cc7c(cn6)oc6ccccc67)cc5)cc43)nc(-c3ccccc3)n2)cc1. The Labute approximate surface area is 381 Å². The van der Waals surface area contributed by atoms with E-state index in [1.54, 1.807) is 6.08 Å². The molecule has 0 aliphatic carbocycles. The predicted octanol–water partition coefficient (Wildman–Crippen LogP) is 15.8. The van der Waals surface area contributed by atoms with E-state index in [1.807, 2.05) is 55.6 Å². The molecule has 0 atom stereocenters. The van der Waals surface area contributed by atoms with Gasteiger partial charge >= 0.3 is 0 Å². The first-order valence-corrected chi connectivity index (χ1v) is 22.2. The molecular formula is C60H41N5O. The van der Waals surface area contributed by atoms with Crippen LogP contribution in [0.2, 0.25) is 0 Å². The number of nitrogens with zero attached hydrogens (tertiary/aromatic N) is 5. The fourth-order valence-corrected chi connectivity index (χ4v) is 9.42. The van der Waals surface area contributed by atoms with E-state index in [0.717, 1.165) is 94.7 Å². The molecule has 0 saturated heterocycles. The zero-order valence-electron chi connectivity index (χ0n) is 36.1. The van der Waals surface area contributed by atoms with Gasteiger partial charge in [-0.25, -0.2) is 9.97 Å². The molecule has 0 aliphatic heterocycles. The van der Waals surface area contributed by atoms with Gasteiger partial charge in [0.05, 0.1) is 39.7 Å². The van der Waals surface area contributed by atoms with Crippen molar-refractivity contribution in [2.75, 3.05) is 0 Å². The Morgan fingerprint density at radius 2 is 0.970 bits per heavy atom. The molecule has 13 aromatic rings. The summed E-state index contributed by atoms with van der Waals surface area (Å²) in [7, 11) is 0. The number of aromatic nitrogens is 5. The summed E-state index contributed by atoms with van der Waals surface area (Å²) < 4.78 is 10.7. The van der Waals surface area contributed by atoms with Crippen LogP contribution < -0.4 is 0 Å². The van der Waals surface area contributed by atoms with Crippen molar-refractivity contribution in [3.05, 3.63) is 225 Å². The maximum absolute atomic E-state index is 6.05. The summed E-state index contributed by atoms with van der Waals surface area (Å²) in [5.74, 6) is 1.51. The molecule has 6 nitrogen and oxygen atoms in total. The summed E-state index contributed by atoms with van der Waals surface area (Å²) in [5, 5.41) is 6.92. The first-order chi connectivity index (χ1) is 32.6. The van der Waals surface area contributed by atoms with Crippen LogP contribution >= 0.6 is 0 Å². The van der Waals surface area contributed by atoms with E-state index < -0.39 is 0 Å². The Hall–Kier alpha value is -8.87. The highest BCUT2D eigenvalue weighted by molar-refractivity contribution is 6.12. The highest BCUT2D eigenvalue weighted by atomic mass is 16.3. The van der Waals surface area contributed by atoms with E-state index in [1.165, 1.54) is 21.5 Å². The number of benzene rings is 8. The molecule has 6 heteroatoms. The maximum atomic E-state index is 6.05. The summed E-state index contributed by atoms with van der Waals surface area (Å²) in [5.41, 5.74) is 14.4. The predicted molar refractivity (Wildman–Crippen MR) is 273 cm³/mol. The van der Waals surface area contributed by atoms with Crippen molar-refractivity contribution in [2.24, 2.45) is 0 Å². The topological polar surface area (TPSA) is 61.7 Å². The van der Waals surface area contributed by atoms with E-state index in [-0.39, 0.29) is 0 Å². The number of rotatable bonds is 6. The molecule has 0 unspecified atom stereocenters. The van der Waals surface area contributed by atoms with E-state index in [0.29, 0.717) is 5.82 Å². The minimum Gasteiger partial charge on any atom is -0.454 e. The van der Waals surface area contributed by atoms with Gasteiger partial charge in [-0.05, 0) is 72.6 Å². The van der Waals surface area contributed by atoms with Crippen LogP contribution in [0.15, 0.2) is 230 Å². The van der Waals surface area contributed by atoms with Crippen molar-refractivity contribution in [2.45, 2.75) is 6.92 Å². The third-order valence-electron chi connectivity index (χ3n) is 12.4. The molecule has 0 fully saturated rings. The van der Waals surface area contributed by atoms with Crippen LogP contribution in [0.25, 0.3) is 122 Å². The normalized spacial score (nSPS) is 11.5. The maximum Gasteiger partial charge on any atom is 0.162 e. The standard InChI is InChI=1S/C57H35N5O.C3H6/c1-3-13-36(14-4-1)49-34-56(60-57(59-49)38-15-5-2-6-16-38)62-51-21-11-7-17-42(51)44-29-25-40(32-53(44)62)39-26-30-52-46(31-39)43-18-8-10-20-50(43)61(52)41-27-23-37(24-28-41)48-33-47-45-19-9-12-22-54(45)63-55(47)35-58-48;1-3-2/h1-35H;3H,1H2,2H3. The molecule has 0 saturated carbocycles. The molecule has 0 N–H and O–H groups in total. The van der Waals surface area contributed by atoms with Crippen LogP contribution in [0.5, 0.6) is 0 Å². The second-order valence-electron chi connectivity index (χ2n) is 16.5. The molecule has 0 radical (unpaired) electrons. The van der Waals surface area contributed by atoms with Gasteiger partial charge in [-0.15, -0.1) is 6.58 Å². The smallest absolute Gasteiger partial charge is 0.162 e. The lowest BCUT2D eigenvalue weighted by atomic mass is 10.0. The zero-order chi connectivity index (χ0) is 44.1. The van der Waals surface area contributed by atoms with Crippen LogP contribution in [0, 0.1) is 0 Å². The van der Waals surface area contributed by atoms with Gasteiger partial charge < -0.3 is 8.98 Å².